The highest BCUT2D eigenvalue weighted by molar-refractivity contribution is 14.0. The van der Waals surface area contributed by atoms with Crippen molar-refractivity contribution < 1.29 is 9.13 Å². The molecular formula is C17H22FIN4O. The van der Waals surface area contributed by atoms with E-state index in [4.69, 9.17) is 10.5 Å². The van der Waals surface area contributed by atoms with Crippen molar-refractivity contribution >= 4 is 29.9 Å². The summed E-state index contributed by atoms with van der Waals surface area (Å²) in [5, 5.41) is 3.08. The van der Waals surface area contributed by atoms with Crippen LogP contribution in [0.4, 0.5) is 4.39 Å². The molecule has 1 aromatic heterocycles. The van der Waals surface area contributed by atoms with Crippen LogP contribution in [0, 0.1) is 5.82 Å². The second kappa shape index (κ2) is 8.81. The number of ether oxygens (including phenoxy) is 1. The van der Waals surface area contributed by atoms with Gasteiger partial charge >= 0.3 is 0 Å². The highest BCUT2D eigenvalue weighted by Crippen LogP contribution is 2.22. The number of hydrogen-bond donors (Lipinski definition) is 2. The molecule has 1 aromatic carbocycles. The number of pyridine rings is 1. The number of nitrogens with two attached hydrogens (primary N) is 1. The average Bonchev–Trinajstić information content (AvgIpc) is 2.46. The Labute approximate surface area is 158 Å². The Morgan fingerprint density at radius 1 is 1.29 bits per heavy atom. The molecule has 0 aliphatic carbocycles. The first kappa shape index (κ1) is 20.1. The van der Waals surface area contributed by atoms with Crippen LogP contribution in [0.5, 0.6) is 11.6 Å². The van der Waals surface area contributed by atoms with Gasteiger partial charge in [-0.3, -0.25) is 0 Å². The summed E-state index contributed by atoms with van der Waals surface area (Å²) in [5.74, 6) is 0.377. The topological polar surface area (TPSA) is 72.5 Å². The Kier molecular flexibility index (Phi) is 7.40. The molecule has 3 N–H and O–H groups in total. The molecule has 0 radical (unpaired) electrons. The van der Waals surface area contributed by atoms with Gasteiger partial charge in [0, 0.05) is 17.8 Å². The molecule has 0 amide bonds. The molecule has 2 rings (SSSR count). The summed E-state index contributed by atoms with van der Waals surface area (Å²) < 4.78 is 19.0. The lowest BCUT2D eigenvalue weighted by Crippen LogP contribution is -2.44. The van der Waals surface area contributed by atoms with Crippen LogP contribution >= 0.6 is 24.0 Å². The van der Waals surface area contributed by atoms with Gasteiger partial charge in [-0.15, -0.1) is 24.0 Å². The van der Waals surface area contributed by atoms with Gasteiger partial charge in [0.2, 0.25) is 5.88 Å². The molecule has 2 aromatic rings. The van der Waals surface area contributed by atoms with E-state index in [0.29, 0.717) is 18.4 Å². The van der Waals surface area contributed by atoms with Crippen molar-refractivity contribution in [2.24, 2.45) is 10.7 Å². The van der Waals surface area contributed by atoms with Crippen LogP contribution in [0.1, 0.15) is 26.3 Å². The fourth-order valence-corrected chi connectivity index (χ4v) is 1.84. The van der Waals surface area contributed by atoms with E-state index in [2.05, 4.69) is 15.3 Å². The third-order valence-corrected chi connectivity index (χ3v) is 2.79. The van der Waals surface area contributed by atoms with Gasteiger partial charge in [0.25, 0.3) is 0 Å². The number of nitrogens with zero attached hydrogens (tertiary/aromatic N) is 2. The smallest absolute Gasteiger partial charge is 0.219 e. The van der Waals surface area contributed by atoms with Crippen LogP contribution in [-0.4, -0.2) is 16.5 Å². The highest BCUT2D eigenvalue weighted by Gasteiger charge is 2.10. The molecule has 0 spiro atoms. The van der Waals surface area contributed by atoms with Crippen molar-refractivity contribution in [2.75, 3.05) is 0 Å². The second-order valence-electron chi connectivity index (χ2n) is 6.11. The van der Waals surface area contributed by atoms with Crippen molar-refractivity contribution in [3.05, 3.63) is 54.0 Å². The third-order valence-electron chi connectivity index (χ3n) is 2.79. The Hall–Kier alpha value is -1.90. The third kappa shape index (κ3) is 6.69. The first-order chi connectivity index (χ1) is 10.8. The summed E-state index contributed by atoms with van der Waals surface area (Å²) in [5.41, 5.74) is 6.55. The van der Waals surface area contributed by atoms with E-state index in [1.54, 1.807) is 30.5 Å². The number of para-hydroxylation sites is 1. The molecule has 24 heavy (non-hydrogen) atoms. The maximum absolute atomic E-state index is 13.6. The molecule has 0 bridgehead atoms. The van der Waals surface area contributed by atoms with Crippen molar-refractivity contribution in [3.8, 4) is 11.6 Å². The van der Waals surface area contributed by atoms with E-state index in [0.717, 1.165) is 5.56 Å². The number of halogens is 2. The van der Waals surface area contributed by atoms with Gasteiger partial charge in [-0.05, 0) is 44.5 Å². The number of nitrogens with one attached hydrogen (secondary N) is 1. The van der Waals surface area contributed by atoms with Gasteiger partial charge in [0.1, 0.15) is 0 Å². The molecule has 0 fully saturated rings. The molecule has 7 heteroatoms. The van der Waals surface area contributed by atoms with E-state index in [-0.39, 0.29) is 35.3 Å². The van der Waals surface area contributed by atoms with E-state index < -0.39 is 5.82 Å². The van der Waals surface area contributed by atoms with Gasteiger partial charge in [-0.25, -0.2) is 14.4 Å². The maximum Gasteiger partial charge on any atom is 0.219 e. The van der Waals surface area contributed by atoms with Crippen molar-refractivity contribution in [1.82, 2.24) is 10.3 Å². The summed E-state index contributed by atoms with van der Waals surface area (Å²) in [7, 11) is 0. The standard InChI is InChI=1S/C17H21FN4O.HI/c1-17(2,3)22-16(19)21-11-12-8-9-20-15(10-12)23-14-7-5-4-6-13(14)18;/h4-10H,11H2,1-3H3,(H3,19,21,22);1H. The van der Waals surface area contributed by atoms with E-state index in [1.807, 2.05) is 26.8 Å². The minimum Gasteiger partial charge on any atom is -0.436 e. The average molecular weight is 444 g/mol. The number of hydrogen-bond acceptors (Lipinski definition) is 3. The minimum atomic E-state index is -0.434. The molecule has 0 aliphatic rings. The Morgan fingerprint density at radius 3 is 2.67 bits per heavy atom. The van der Waals surface area contributed by atoms with Gasteiger partial charge < -0.3 is 15.8 Å². The molecule has 0 unspecified atom stereocenters. The fourth-order valence-electron chi connectivity index (χ4n) is 1.84. The second-order valence-corrected chi connectivity index (χ2v) is 6.11. The fraction of sp³-hybridized carbons (Fsp3) is 0.294. The normalized spacial score (nSPS) is 11.6. The molecule has 0 aliphatic heterocycles. The van der Waals surface area contributed by atoms with E-state index in [9.17, 15) is 4.39 Å². The summed E-state index contributed by atoms with van der Waals surface area (Å²) in [6.07, 6.45) is 1.59. The van der Waals surface area contributed by atoms with Crippen molar-refractivity contribution in [1.29, 1.82) is 0 Å². The molecular weight excluding hydrogens is 422 g/mol. The van der Waals surface area contributed by atoms with Crippen LogP contribution in [0.3, 0.4) is 0 Å². The first-order valence-corrected chi connectivity index (χ1v) is 7.29. The quantitative estimate of drug-likeness (QED) is 0.427. The van der Waals surface area contributed by atoms with Gasteiger partial charge in [-0.2, -0.15) is 0 Å². The Morgan fingerprint density at radius 2 is 2.00 bits per heavy atom. The molecule has 0 saturated heterocycles. The maximum atomic E-state index is 13.6. The predicted molar refractivity (Wildman–Crippen MR) is 104 cm³/mol. The van der Waals surface area contributed by atoms with Crippen LogP contribution in [0.25, 0.3) is 0 Å². The van der Waals surface area contributed by atoms with Gasteiger partial charge in [-0.1, -0.05) is 12.1 Å². The van der Waals surface area contributed by atoms with Gasteiger partial charge in [0.15, 0.2) is 17.5 Å². The highest BCUT2D eigenvalue weighted by atomic mass is 127. The van der Waals surface area contributed by atoms with Crippen LogP contribution in [-0.2, 0) is 6.54 Å². The lowest BCUT2D eigenvalue weighted by Gasteiger charge is -2.20. The number of benzene rings is 1. The molecule has 0 saturated carbocycles. The Bertz CT molecular complexity index is 701. The predicted octanol–water partition coefficient (Wildman–Crippen LogP) is 3.83. The summed E-state index contributed by atoms with van der Waals surface area (Å²) >= 11 is 0. The number of guanidine groups is 1. The zero-order chi connectivity index (χ0) is 16.9. The largest absolute Gasteiger partial charge is 0.436 e. The SMILES string of the molecule is CC(C)(C)NC(N)=NCc1ccnc(Oc2ccccc2F)c1.I. The minimum absolute atomic E-state index is 0. The Balaban J connectivity index is 0.00000288. The van der Waals surface area contributed by atoms with E-state index >= 15 is 0 Å². The van der Waals surface area contributed by atoms with E-state index in [1.165, 1.54) is 6.07 Å². The van der Waals surface area contributed by atoms with Crippen molar-refractivity contribution in [3.63, 3.8) is 0 Å². The monoisotopic (exact) mass is 444 g/mol. The van der Waals surface area contributed by atoms with Crippen LogP contribution < -0.4 is 15.8 Å². The van der Waals surface area contributed by atoms with Crippen molar-refractivity contribution in [2.45, 2.75) is 32.9 Å². The van der Waals surface area contributed by atoms with Gasteiger partial charge in [0.05, 0.1) is 6.54 Å². The molecule has 1 heterocycles. The number of rotatable bonds is 4. The molecule has 5 nitrogen and oxygen atoms in total. The molecule has 130 valence electrons. The lowest BCUT2D eigenvalue weighted by molar-refractivity contribution is 0.427. The zero-order valence-electron chi connectivity index (χ0n) is 13.9. The summed E-state index contributed by atoms with van der Waals surface area (Å²) in [6, 6.07) is 9.70. The summed E-state index contributed by atoms with van der Waals surface area (Å²) in [6.45, 7) is 6.39. The zero-order valence-corrected chi connectivity index (χ0v) is 16.2. The lowest BCUT2D eigenvalue weighted by atomic mass is 10.1. The number of aliphatic imine (C=N–C) groups is 1. The first-order valence-electron chi connectivity index (χ1n) is 7.29. The van der Waals surface area contributed by atoms with Crippen LogP contribution in [0.2, 0.25) is 0 Å². The number of aromatic nitrogens is 1. The summed E-state index contributed by atoms with van der Waals surface area (Å²) in [4.78, 5) is 8.35. The molecule has 0 atom stereocenters. The van der Waals surface area contributed by atoms with Crippen LogP contribution in [0.15, 0.2) is 47.6 Å².